The third kappa shape index (κ3) is 3.94. The number of hydrogen-bond acceptors (Lipinski definition) is 5. The van der Waals surface area contributed by atoms with Crippen LogP contribution in [-0.4, -0.2) is 49.0 Å². The topological polar surface area (TPSA) is 48.5 Å². The molecule has 1 saturated heterocycles. The first-order valence-corrected chi connectivity index (χ1v) is 9.76. The summed E-state index contributed by atoms with van der Waals surface area (Å²) in [5.41, 5.74) is 0.938. The largest absolute Gasteiger partial charge is 0.354 e. The van der Waals surface area contributed by atoms with Crippen molar-refractivity contribution in [3.05, 3.63) is 58.9 Å². The predicted octanol–water partition coefficient (Wildman–Crippen LogP) is 3.12. The summed E-state index contributed by atoms with van der Waals surface area (Å²) in [7, 11) is 2.13. The number of halogens is 1. The van der Waals surface area contributed by atoms with Gasteiger partial charge in [-0.3, -0.25) is 4.79 Å². The van der Waals surface area contributed by atoms with E-state index in [1.54, 1.807) is 18.3 Å². The van der Waals surface area contributed by atoms with Crippen molar-refractivity contribution in [2.24, 2.45) is 0 Å². The molecule has 0 spiro atoms. The first-order valence-electron chi connectivity index (χ1n) is 8.95. The minimum absolute atomic E-state index is 0.196. The molecule has 7 heteroatoms. The number of likely N-dealkylation sites (N-methyl/N-ethyl adjacent to an activating group) is 1. The van der Waals surface area contributed by atoms with Gasteiger partial charge in [0.1, 0.15) is 11.6 Å². The molecule has 4 rings (SSSR count). The number of anilines is 1. The van der Waals surface area contributed by atoms with E-state index in [-0.39, 0.29) is 11.7 Å². The summed E-state index contributed by atoms with van der Waals surface area (Å²) < 4.78 is 14.6. The van der Waals surface area contributed by atoms with Crippen LogP contribution >= 0.6 is 11.3 Å². The average molecular weight is 384 g/mol. The van der Waals surface area contributed by atoms with Crippen LogP contribution < -0.4 is 10.2 Å². The molecule has 1 N–H and O–H groups in total. The Kier molecular flexibility index (Phi) is 5.05. The van der Waals surface area contributed by atoms with Crippen LogP contribution in [0.4, 0.5) is 10.2 Å². The highest BCUT2D eigenvalue weighted by molar-refractivity contribution is 7.20. The van der Waals surface area contributed by atoms with E-state index >= 15 is 0 Å². The van der Waals surface area contributed by atoms with Gasteiger partial charge in [-0.15, -0.1) is 11.3 Å². The van der Waals surface area contributed by atoms with Gasteiger partial charge in [-0.05, 0) is 36.9 Å². The fourth-order valence-corrected chi connectivity index (χ4v) is 4.14. The van der Waals surface area contributed by atoms with E-state index in [0.29, 0.717) is 16.8 Å². The molecule has 27 heavy (non-hydrogen) atoms. The Morgan fingerprint density at radius 2 is 2.04 bits per heavy atom. The van der Waals surface area contributed by atoms with E-state index in [1.165, 1.54) is 17.4 Å². The zero-order valence-electron chi connectivity index (χ0n) is 15.1. The lowest BCUT2D eigenvalue weighted by Crippen LogP contribution is -2.44. The second-order valence-electron chi connectivity index (χ2n) is 6.76. The van der Waals surface area contributed by atoms with Crippen LogP contribution in [-0.2, 0) is 6.54 Å². The summed E-state index contributed by atoms with van der Waals surface area (Å²) in [4.78, 5) is 22.0. The first kappa shape index (κ1) is 17.9. The lowest BCUT2D eigenvalue weighted by molar-refractivity contribution is 0.0955. The van der Waals surface area contributed by atoms with Crippen LogP contribution in [0.15, 0.2) is 42.6 Å². The van der Waals surface area contributed by atoms with Crippen LogP contribution in [0.5, 0.6) is 0 Å². The first-order chi connectivity index (χ1) is 13.1. The minimum Gasteiger partial charge on any atom is -0.354 e. The van der Waals surface area contributed by atoms with Crippen LogP contribution in [0.3, 0.4) is 0 Å². The maximum absolute atomic E-state index is 13.8. The average Bonchev–Trinajstić information content (AvgIpc) is 3.13. The van der Waals surface area contributed by atoms with Gasteiger partial charge in [0, 0.05) is 49.0 Å². The van der Waals surface area contributed by atoms with E-state index in [2.05, 4.69) is 27.1 Å². The summed E-state index contributed by atoms with van der Waals surface area (Å²) in [6.45, 7) is 4.42. The predicted molar refractivity (Wildman–Crippen MR) is 107 cm³/mol. The maximum Gasteiger partial charge on any atom is 0.261 e. The molecular weight excluding hydrogens is 363 g/mol. The highest BCUT2D eigenvalue weighted by atomic mass is 32.1. The number of benzene rings is 1. The Labute approximate surface area is 161 Å². The Morgan fingerprint density at radius 3 is 2.74 bits per heavy atom. The molecule has 0 bridgehead atoms. The van der Waals surface area contributed by atoms with Crippen LogP contribution in [0, 0.1) is 5.82 Å². The SMILES string of the molecule is CN1CCN(c2ccc(CNC(=O)c3cc4c(F)cccc4s3)cn2)CC1. The number of thiophene rings is 1. The van der Waals surface area contributed by atoms with Crippen molar-refractivity contribution >= 4 is 33.1 Å². The highest BCUT2D eigenvalue weighted by Crippen LogP contribution is 2.27. The molecule has 1 fully saturated rings. The van der Waals surface area contributed by atoms with Crippen molar-refractivity contribution in [1.82, 2.24) is 15.2 Å². The molecule has 0 radical (unpaired) electrons. The van der Waals surface area contributed by atoms with Gasteiger partial charge in [0.05, 0.1) is 4.88 Å². The van der Waals surface area contributed by atoms with Gasteiger partial charge in [-0.25, -0.2) is 9.37 Å². The van der Waals surface area contributed by atoms with Crippen molar-refractivity contribution in [3.8, 4) is 0 Å². The van der Waals surface area contributed by atoms with Gasteiger partial charge in [0.2, 0.25) is 0 Å². The van der Waals surface area contributed by atoms with Crippen molar-refractivity contribution in [1.29, 1.82) is 0 Å². The van der Waals surface area contributed by atoms with Crippen LogP contribution in [0.25, 0.3) is 10.1 Å². The standard InChI is InChI=1S/C20H21FN4OS/c1-24-7-9-25(10-8-24)19-6-5-14(12-22-19)13-23-20(26)18-11-15-16(21)3-2-4-17(15)27-18/h2-6,11-12H,7-10,13H2,1H3,(H,23,26). The second kappa shape index (κ2) is 7.62. The van der Waals surface area contributed by atoms with Gasteiger partial charge in [0.25, 0.3) is 5.91 Å². The van der Waals surface area contributed by atoms with Crippen LogP contribution in [0.1, 0.15) is 15.2 Å². The van der Waals surface area contributed by atoms with Crippen molar-refractivity contribution in [3.63, 3.8) is 0 Å². The molecule has 1 aromatic carbocycles. The monoisotopic (exact) mass is 384 g/mol. The molecule has 3 heterocycles. The third-order valence-corrected chi connectivity index (χ3v) is 5.92. The Balaban J connectivity index is 1.37. The van der Waals surface area contributed by atoms with Gasteiger partial charge in [-0.1, -0.05) is 12.1 Å². The van der Waals surface area contributed by atoms with Crippen LogP contribution in [0.2, 0.25) is 0 Å². The second-order valence-corrected chi connectivity index (χ2v) is 7.84. The fraction of sp³-hybridized carbons (Fsp3) is 0.300. The Morgan fingerprint density at radius 1 is 1.22 bits per heavy atom. The normalized spacial score (nSPS) is 15.3. The fourth-order valence-electron chi connectivity index (χ4n) is 3.15. The van der Waals surface area contributed by atoms with Gasteiger partial charge in [0.15, 0.2) is 0 Å². The highest BCUT2D eigenvalue weighted by Gasteiger charge is 2.15. The number of rotatable bonds is 4. The number of pyridine rings is 1. The molecular formula is C20H21FN4OS. The number of carbonyl (C=O) groups excluding carboxylic acids is 1. The number of carbonyl (C=O) groups is 1. The molecule has 0 aliphatic carbocycles. The summed E-state index contributed by atoms with van der Waals surface area (Å²) >= 11 is 1.30. The maximum atomic E-state index is 13.8. The quantitative estimate of drug-likeness (QED) is 0.751. The lowest BCUT2D eigenvalue weighted by atomic mass is 10.2. The van der Waals surface area contributed by atoms with Gasteiger partial charge < -0.3 is 15.1 Å². The molecule has 2 aromatic heterocycles. The molecule has 0 atom stereocenters. The third-order valence-electron chi connectivity index (χ3n) is 4.82. The van der Waals surface area contributed by atoms with E-state index in [0.717, 1.165) is 42.3 Å². The van der Waals surface area contributed by atoms with E-state index < -0.39 is 0 Å². The minimum atomic E-state index is -0.300. The summed E-state index contributed by atoms with van der Waals surface area (Å²) in [5, 5.41) is 3.38. The molecule has 0 unspecified atom stereocenters. The molecule has 1 aliphatic rings. The van der Waals surface area contributed by atoms with E-state index in [4.69, 9.17) is 0 Å². The van der Waals surface area contributed by atoms with E-state index in [9.17, 15) is 9.18 Å². The van der Waals surface area contributed by atoms with Crippen molar-refractivity contribution in [2.45, 2.75) is 6.54 Å². The molecule has 140 valence electrons. The zero-order chi connectivity index (χ0) is 18.8. The number of aromatic nitrogens is 1. The number of hydrogen-bond donors (Lipinski definition) is 1. The summed E-state index contributed by atoms with van der Waals surface area (Å²) in [6.07, 6.45) is 1.80. The van der Waals surface area contributed by atoms with E-state index in [1.807, 2.05) is 18.2 Å². The number of amides is 1. The van der Waals surface area contributed by atoms with Crippen molar-refractivity contribution in [2.75, 3.05) is 38.1 Å². The van der Waals surface area contributed by atoms with Crippen molar-refractivity contribution < 1.29 is 9.18 Å². The molecule has 0 saturated carbocycles. The molecule has 1 amide bonds. The molecule has 5 nitrogen and oxygen atoms in total. The van der Waals surface area contributed by atoms with Gasteiger partial charge >= 0.3 is 0 Å². The molecule has 1 aliphatic heterocycles. The Hall–Kier alpha value is -2.51. The summed E-state index contributed by atoms with van der Waals surface area (Å²) in [6, 6.07) is 10.5. The zero-order valence-corrected chi connectivity index (χ0v) is 15.9. The lowest BCUT2D eigenvalue weighted by Gasteiger charge is -2.33. The molecule has 3 aromatic rings. The number of nitrogens with one attached hydrogen (secondary N) is 1. The smallest absolute Gasteiger partial charge is 0.261 e. The van der Waals surface area contributed by atoms with Gasteiger partial charge in [-0.2, -0.15) is 0 Å². The number of nitrogens with zero attached hydrogens (tertiary/aromatic N) is 3. The Bertz CT molecular complexity index is 948. The summed E-state index contributed by atoms with van der Waals surface area (Å²) in [5.74, 6) is 0.475. The number of piperazine rings is 1. The number of fused-ring (bicyclic) bond motifs is 1.